The van der Waals surface area contributed by atoms with Crippen LogP contribution in [0.4, 0.5) is 0 Å². The Morgan fingerprint density at radius 3 is 2.36 bits per heavy atom. The molecule has 0 amide bonds. The van der Waals surface area contributed by atoms with Crippen molar-refractivity contribution in [3.05, 3.63) is 0 Å². The Hall–Kier alpha value is -0.610. The van der Waals surface area contributed by atoms with E-state index < -0.39 is 5.60 Å². The maximum atomic E-state index is 9.31. The third-order valence-electron chi connectivity index (χ3n) is 1.57. The van der Waals surface area contributed by atoms with Crippen molar-refractivity contribution in [3.63, 3.8) is 0 Å². The molecule has 11 heavy (non-hydrogen) atoms. The van der Waals surface area contributed by atoms with Crippen LogP contribution in [0.1, 0.15) is 19.8 Å². The molecule has 0 aromatic heterocycles. The third-order valence-corrected chi connectivity index (χ3v) is 1.57. The van der Waals surface area contributed by atoms with Gasteiger partial charge >= 0.3 is 0 Å². The van der Waals surface area contributed by atoms with Crippen molar-refractivity contribution in [2.75, 3.05) is 13.1 Å². The van der Waals surface area contributed by atoms with Crippen molar-refractivity contribution in [1.82, 2.24) is 5.32 Å². The van der Waals surface area contributed by atoms with Crippen LogP contribution in [-0.2, 0) is 4.79 Å². The first-order valence-electron chi connectivity index (χ1n) is 3.63. The molecule has 4 nitrogen and oxygen atoms in total. The van der Waals surface area contributed by atoms with Gasteiger partial charge in [0.25, 0.3) is 6.47 Å². The summed E-state index contributed by atoms with van der Waals surface area (Å²) in [5.41, 5.74) is -0.432. The highest BCUT2D eigenvalue weighted by Gasteiger charge is 2.21. The Morgan fingerprint density at radius 2 is 2.18 bits per heavy atom. The minimum atomic E-state index is -0.432. The Bertz CT molecular complexity index is 106. The van der Waals surface area contributed by atoms with Gasteiger partial charge in [-0.15, -0.1) is 0 Å². The number of carbonyl (C=O) groups is 1. The molecule has 1 rings (SSSR count). The number of aliphatic hydroxyl groups is 1. The first-order chi connectivity index (χ1) is 5.12. The molecule has 1 fully saturated rings. The van der Waals surface area contributed by atoms with Gasteiger partial charge in [-0.25, -0.2) is 0 Å². The molecule has 0 aromatic rings. The van der Waals surface area contributed by atoms with Crippen LogP contribution in [0.5, 0.6) is 0 Å². The first kappa shape index (κ1) is 10.4. The van der Waals surface area contributed by atoms with Crippen molar-refractivity contribution >= 4 is 6.47 Å². The molecular weight excluding hydrogens is 146 g/mol. The van der Waals surface area contributed by atoms with Crippen LogP contribution in [0.15, 0.2) is 0 Å². The van der Waals surface area contributed by atoms with E-state index in [0.717, 1.165) is 25.9 Å². The van der Waals surface area contributed by atoms with Crippen molar-refractivity contribution in [1.29, 1.82) is 0 Å². The van der Waals surface area contributed by atoms with Crippen LogP contribution in [0.3, 0.4) is 0 Å². The van der Waals surface area contributed by atoms with Gasteiger partial charge in [-0.3, -0.25) is 4.79 Å². The standard InChI is InChI=1S/C6H13NO.CH2O2/c1-6(8)3-2-4-7-5-6;2-1-3/h7-8H,2-5H2,1H3;1H,(H,2,3). The topological polar surface area (TPSA) is 69.6 Å². The molecule has 0 radical (unpaired) electrons. The van der Waals surface area contributed by atoms with Gasteiger partial charge in [-0.05, 0) is 26.3 Å². The third kappa shape index (κ3) is 5.82. The molecule has 3 N–H and O–H groups in total. The minimum Gasteiger partial charge on any atom is -0.483 e. The number of rotatable bonds is 0. The van der Waals surface area contributed by atoms with Crippen molar-refractivity contribution < 1.29 is 15.0 Å². The fourth-order valence-electron chi connectivity index (χ4n) is 1.04. The molecule has 1 aliphatic rings. The summed E-state index contributed by atoms with van der Waals surface area (Å²) in [4.78, 5) is 8.36. The molecule has 66 valence electrons. The average Bonchev–Trinajstić information content (AvgIpc) is 1.88. The molecular formula is C7H15NO3. The monoisotopic (exact) mass is 161 g/mol. The fourth-order valence-corrected chi connectivity index (χ4v) is 1.04. The summed E-state index contributed by atoms with van der Waals surface area (Å²) in [6.07, 6.45) is 2.05. The van der Waals surface area contributed by atoms with Gasteiger partial charge in [0.05, 0.1) is 5.60 Å². The summed E-state index contributed by atoms with van der Waals surface area (Å²) in [7, 11) is 0. The molecule has 0 spiro atoms. The highest BCUT2D eigenvalue weighted by atomic mass is 16.3. The smallest absolute Gasteiger partial charge is 0.290 e. The Balaban J connectivity index is 0.000000292. The number of hydrogen-bond acceptors (Lipinski definition) is 3. The maximum absolute atomic E-state index is 9.31. The Labute approximate surface area is 66.2 Å². The van der Waals surface area contributed by atoms with E-state index in [-0.39, 0.29) is 6.47 Å². The number of β-amino-alcohol motifs (C(OH)–C–C–N with tert-alkyl or cyclic N) is 1. The number of hydrogen-bond donors (Lipinski definition) is 3. The normalized spacial score (nSPS) is 30.0. The molecule has 1 aliphatic heterocycles. The summed E-state index contributed by atoms with van der Waals surface area (Å²) in [6, 6.07) is 0. The Kier molecular flexibility index (Phi) is 4.81. The lowest BCUT2D eigenvalue weighted by Crippen LogP contribution is -2.42. The van der Waals surface area contributed by atoms with Gasteiger partial charge in [0.2, 0.25) is 0 Å². The molecule has 1 atom stereocenters. The van der Waals surface area contributed by atoms with Crippen LogP contribution < -0.4 is 5.32 Å². The average molecular weight is 161 g/mol. The zero-order chi connectivity index (χ0) is 8.74. The molecule has 1 heterocycles. The van der Waals surface area contributed by atoms with Gasteiger partial charge in [0.1, 0.15) is 0 Å². The van der Waals surface area contributed by atoms with Gasteiger partial charge < -0.3 is 15.5 Å². The van der Waals surface area contributed by atoms with E-state index in [0.29, 0.717) is 0 Å². The summed E-state index contributed by atoms with van der Waals surface area (Å²) in [6.45, 7) is 3.45. The highest BCUT2D eigenvalue weighted by Crippen LogP contribution is 2.13. The van der Waals surface area contributed by atoms with Crippen molar-refractivity contribution in [2.45, 2.75) is 25.4 Å². The van der Waals surface area contributed by atoms with E-state index >= 15 is 0 Å². The zero-order valence-electron chi connectivity index (χ0n) is 6.71. The molecule has 0 aliphatic carbocycles. The lowest BCUT2D eigenvalue weighted by Gasteiger charge is -2.28. The van der Waals surface area contributed by atoms with Gasteiger partial charge in [0.15, 0.2) is 0 Å². The maximum Gasteiger partial charge on any atom is 0.290 e. The number of nitrogens with one attached hydrogen (secondary N) is 1. The van der Waals surface area contributed by atoms with Crippen LogP contribution >= 0.6 is 0 Å². The number of piperidine rings is 1. The molecule has 0 saturated carbocycles. The van der Waals surface area contributed by atoms with Gasteiger partial charge in [-0.1, -0.05) is 0 Å². The van der Waals surface area contributed by atoms with E-state index in [9.17, 15) is 5.11 Å². The molecule has 0 bridgehead atoms. The highest BCUT2D eigenvalue weighted by molar-refractivity contribution is 5.32. The summed E-state index contributed by atoms with van der Waals surface area (Å²) in [5, 5.41) is 19.3. The second-order valence-electron chi connectivity index (χ2n) is 2.88. The van der Waals surface area contributed by atoms with E-state index in [1.165, 1.54) is 0 Å². The summed E-state index contributed by atoms with van der Waals surface area (Å²) < 4.78 is 0. The van der Waals surface area contributed by atoms with E-state index in [4.69, 9.17) is 9.90 Å². The predicted molar refractivity (Wildman–Crippen MR) is 41.4 cm³/mol. The minimum absolute atomic E-state index is 0.250. The lowest BCUT2D eigenvalue weighted by atomic mass is 9.97. The van der Waals surface area contributed by atoms with E-state index in [1.54, 1.807) is 0 Å². The van der Waals surface area contributed by atoms with Gasteiger partial charge in [0, 0.05) is 6.54 Å². The molecule has 1 unspecified atom stereocenters. The largest absolute Gasteiger partial charge is 0.483 e. The van der Waals surface area contributed by atoms with Crippen LogP contribution in [0.25, 0.3) is 0 Å². The Morgan fingerprint density at radius 1 is 1.64 bits per heavy atom. The second kappa shape index (κ2) is 5.09. The van der Waals surface area contributed by atoms with Crippen LogP contribution in [-0.4, -0.2) is 35.4 Å². The molecule has 0 aromatic carbocycles. The predicted octanol–water partition coefficient (Wildman–Crippen LogP) is -0.178. The number of carboxylic acid groups (broad SMARTS) is 1. The lowest BCUT2D eigenvalue weighted by molar-refractivity contribution is -0.122. The first-order valence-corrected chi connectivity index (χ1v) is 3.63. The molecule has 4 heteroatoms. The van der Waals surface area contributed by atoms with Crippen LogP contribution in [0, 0.1) is 0 Å². The summed E-state index contributed by atoms with van der Waals surface area (Å²) >= 11 is 0. The van der Waals surface area contributed by atoms with Gasteiger partial charge in [-0.2, -0.15) is 0 Å². The molecule has 1 saturated heterocycles. The summed E-state index contributed by atoms with van der Waals surface area (Å²) in [5.74, 6) is 0. The van der Waals surface area contributed by atoms with E-state index in [1.807, 2.05) is 6.92 Å². The van der Waals surface area contributed by atoms with Crippen molar-refractivity contribution in [2.24, 2.45) is 0 Å². The zero-order valence-corrected chi connectivity index (χ0v) is 6.71. The SMILES string of the molecule is CC1(O)CCCNC1.O=CO. The fraction of sp³-hybridized carbons (Fsp3) is 0.857. The van der Waals surface area contributed by atoms with Crippen LogP contribution in [0.2, 0.25) is 0 Å². The second-order valence-corrected chi connectivity index (χ2v) is 2.88. The van der Waals surface area contributed by atoms with E-state index in [2.05, 4.69) is 5.32 Å². The quantitative estimate of drug-likeness (QED) is 0.431. The van der Waals surface area contributed by atoms with Crippen molar-refractivity contribution in [3.8, 4) is 0 Å².